The average molecular weight is 1040 g/mol. The average Bonchev–Trinajstić information content (AvgIpc) is 4.33. The highest BCUT2D eigenvalue weighted by Gasteiger charge is 2.38. The van der Waals surface area contributed by atoms with E-state index in [1.54, 1.807) is 69.7 Å². The van der Waals surface area contributed by atoms with Crippen LogP contribution in [-0.2, 0) is 42.4 Å². The molecule has 0 bridgehead atoms. The largest absolute Gasteiger partial charge is 0.476 e. The van der Waals surface area contributed by atoms with Crippen molar-refractivity contribution in [3.63, 3.8) is 0 Å². The summed E-state index contributed by atoms with van der Waals surface area (Å²) >= 11 is 0. The third-order valence-electron chi connectivity index (χ3n) is 15.0. The van der Waals surface area contributed by atoms with Gasteiger partial charge >= 0.3 is 11.9 Å². The van der Waals surface area contributed by atoms with Crippen molar-refractivity contribution in [2.45, 2.75) is 58.5 Å². The van der Waals surface area contributed by atoms with Crippen molar-refractivity contribution in [3.8, 4) is 22.5 Å². The van der Waals surface area contributed by atoms with Gasteiger partial charge in [0.05, 0.1) is 65.4 Å². The number of carboxylic acids is 1. The maximum absolute atomic E-state index is 15.5. The highest BCUT2D eigenvalue weighted by molar-refractivity contribution is 6.13. The first-order valence-electron chi connectivity index (χ1n) is 24.8. The lowest BCUT2D eigenvalue weighted by Gasteiger charge is -2.33. The van der Waals surface area contributed by atoms with E-state index < -0.39 is 35.7 Å². The number of esters is 1. The van der Waals surface area contributed by atoms with Crippen LogP contribution >= 0.6 is 0 Å². The Morgan fingerprint density at radius 3 is 1.70 bits per heavy atom. The zero-order chi connectivity index (χ0) is 53.3. The van der Waals surface area contributed by atoms with E-state index in [9.17, 15) is 14.7 Å². The molecule has 2 saturated heterocycles. The third kappa shape index (κ3) is 8.13. The number of halogens is 2. The number of pyridine rings is 4. The van der Waals surface area contributed by atoms with Crippen LogP contribution in [0.25, 0.3) is 66.6 Å². The van der Waals surface area contributed by atoms with Crippen molar-refractivity contribution in [2.75, 3.05) is 33.5 Å². The fourth-order valence-corrected chi connectivity index (χ4v) is 11.6. The minimum Gasteiger partial charge on any atom is -0.476 e. The van der Waals surface area contributed by atoms with E-state index in [0.29, 0.717) is 83.5 Å². The first kappa shape index (κ1) is 49.8. The Morgan fingerprint density at radius 2 is 1.17 bits per heavy atom. The minimum absolute atomic E-state index is 0.0221. The predicted octanol–water partition coefficient (Wildman–Crippen LogP) is 6.95. The number of aromatic carboxylic acids is 1. The van der Waals surface area contributed by atoms with Crippen LogP contribution in [0.15, 0.2) is 55.4 Å². The normalized spacial score (nSPS) is 15.4. The maximum Gasteiger partial charge on any atom is 0.360 e. The van der Waals surface area contributed by atoms with Gasteiger partial charge in [-0.25, -0.2) is 27.7 Å². The Kier molecular flexibility index (Phi) is 12.9. The summed E-state index contributed by atoms with van der Waals surface area (Å²) in [5.41, 5.74) is 11.5. The van der Waals surface area contributed by atoms with Gasteiger partial charge in [0, 0.05) is 102 Å². The van der Waals surface area contributed by atoms with Crippen LogP contribution in [0.5, 0.6) is 0 Å². The van der Waals surface area contributed by atoms with E-state index in [1.807, 2.05) is 50.1 Å². The molecule has 0 amide bonds. The summed E-state index contributed by atoms with van der Waals surface area (Å²) in [5.74, 6) is -2.61. The molecule has 22 nitrogen and oxygen atoms in total. The smallest absolute Gasteiger partial charge is 0.360 e. The number of aryl methyl sites for hydroxylation is 7. The van der Waals surface area contributed by atoms with Crippen molar-refractivity contribution in [2.24, 2.45) is 40.0 Å². The van der Waals surface area contributed by atoms with E-state index in [-0.39, 0.29) is 23.2 Å². The molecule has 12 rings (SSSR count). The van der Waals surface area contributed by atoms with E-state index >= 15 is 8.78 Å². The summed E-state index contributed by atoms with van der Waals surface area (Å²) in [7, 11) is 8.43. The Morgan fingerprint density at radius 1 is 0.658 bits per heavy atom. The molecule has 24 heteroatoms. The van der Waals surface area contributed by atoms with Gasteiger partial charge in [-0.15, -0.1) is 10.2 Å². The second-order valence-electron chi connectivity index (χ2n) is 19.3. The van der Waals surface area contributed by atoms with Crippen LogP contribution in [0.4, 0.5) is 8.78 Å². The van der Waals surface area contributed by atoms with E-state index in [2.05, 4.69) is 40.8 Å². The summed E-state index contributed by atoms with van der Waals surface area (Å²) in [4.78, 5) is 43.0. The summed E-state index contributed by atoms with van der Waals surface area (Å²) < 4.78 is 57.9. The van der Waals surface area contributed by atoms with Gasteiger partial charge in [0.2, 0.25) is 0 Å². The number of rotatable bonds is 10. The Balaban J connectivity index is 0.000000162. The van der Waals surface area contributed by atoms with Crippen LogP contribution < -0.4 is 0 Å². The standard InChI is InChI=1S/2C26H27FN8O3/c1-14-22(34(3)32-30-14)16-11-19-20(29-12-16)24-25(21(26(36)37-4)31-33(24)2)35(19)23(15-6-9-38-10-7-15)17-5-8-28-13-18(17)27;1-13-17(22-14(2)30-32-34(22)4)11-29-19-21(13)35(25-20(26(36)37)31-33(3)24(19)25)23(15-6-9-38-10-7-15)16-5-8-28-12-18(16)27/h5,8,11-13,15,23H,6-7,9-10H2,1-4H3;5,8,11-12,15,23H,6-7,9-10H2,1-4H3,(H,36,37). The lowest BCUT2D eigenvalue weighted by molar-refractivity contribution is 0.0544. The predicted molar refractivity (Wildman–Crippen MR) is 272 cm³/mol. The van der Waals surface area contributed by atoms with Gasteiger partial charge in [0.15, 0.2) is 11.4 Å². The van der Waals surface area contributed by atoms with E-state index in [1.165, 1.54) is 19.5 Å². The summed E-state index contributed by atoms with van der Waals surface area (Å²) in [6, 6.07) is 4.36. The zero-order valence-corrected chi connectivity index (χ0v) is 43.1. The van der Waals surface area contributed by atoms with Crippen LogP contribution in [0.1, 0.15) is 86.8 Å². The Bertz CT molecular complexity index is 3860. The molecule has 2 fully saturated rings. The molecule has 0 saturated carbocycles. The molecule has 1 N–H and O–H groups in total. The Hall–Kier alpha value is -8.38. The first-order valence-corrected chi connectivity index (χ1v) is 24.8. The van der Waals surface area contributed by atoms with Gasteiger partial charge in [-0.3, -0.25) is 29.3 Å². The lowest BCUT2D eigenvalue weighted by Crippen LogP contribution is -2.28. The van der Waals surface area contributed by atoms with Crippen LogP contribution in [-0.4, -0.2) is 129 Å². The lowest BCUT2D eigenvalue weighted by atomic mass is 9.86. The molecular weight excluding hydrogens is 983 g/mol. The molecule has 392 valence electrons. The van der Waals surface area contributed by atoms with E-state index in [0.717, 1.165) is 63.3 Å². The SMILES string of the molecule is COC(=O)c1nn(C)c2c3ncc(-c4c(C)nnn4C)cc3n(C(c3ccncc3F)C3CCOCC3)c12.Cc1nnn(C)c1-c1cnc2c3c(c(C(=O)O)nn3C)n(C(c3ccncc3F)C3CCOCC3)c2c1C. The highest BCUT2D eigenvalue weighted by atomic mass is 19.1. The molecule has 2 aliphatic rings. The van der Waals surface area contributed by atoms with Gasteiger partial charge in [-0.05, 0) is 82.1 Å². The highest BCUT2D eigenvalue weighted by Crippen LogP contribution is 2.46. The second kappa shape index (κ2) is 19.7. The number of nitrogens with zero attached hydrogens (tertiary/aromatic N) is 16. The molecule has 2 unspecified atom stereocenters. The van der Waals surface area contributed by atoms with Gasteiger partial charge in [-0.1, -0.05) is 10.4 Å². The fraction of sp³-hybridized carbons (Fsp3) is 0.385. The number of carbonyl (C=O) groups excluding carboxylic acids is 1. The van der Waals surface area contributed by atoms with Gasteiger partial charge in [0.1, 0.15) is 44.7 Å². The number of ether oxygens (including phenoxy) is 3. The van der Waals surface area contributed by atoms with Gasteiger partial charge in [-0.2, -0.15) is 10.2 Å². The number of carbonyl (C=O) groups is 2. The molecule has 0 aliphatic carbocycles. The topological polar surface area (TPSA) is 241 Å². The number of aromatic nitrogens is 16. The second-order valence-corrected chi connectivity index (χ2v) is 19.3. The van der Waals surface area contributed by atoms with Crippen molar-refractivity contribution in [1.29, 1.82) is 0 Å². The van der Waals surface area contributed by atoms with Crippen LogP contribution in [0.3, 0.4) is 0 Å². The molecule has 12 heterocycles. The van der Waals surface area contributed by atoms with Gasteiger partial charge < -0.3 is 28.5 Å². The van der Waals surface area contributed by atoms with Crippen LogP contribution in [0, 0.1) is 44.2 Å². The molecule has 2 atom stereocenters. The number of methoxy groups -OCH3 is 1. The number of carboxylic acid groups (broad SMARTS) is 1. The van der Waals surface area contributed by atoms with Crippen LogP contribution in [0.2, 0.25) is 0 Å². The molecule has 0 spiro atoms. The molecule has 10 aromatic heterocycles. The monoisotopic (exact) mass is 1040 g/mol. The molecule has 76 heavy (non-hydrogen) atoms. The quantitative estimate of drug-likeness (QED) is 0.136. The number of fused-ring (bicyclic) bond motifs is 6. The maximum atomic E-state index is 15.5. The number of hydrogen-bond acceptors (Lipinski definition) is 15. The minimum atomic E-state index is -1.16. The summed E-state index contributed by atoms with van der Waals surface area (Å²) in [6.45, 7) is 7.95. The third-order valence-corrected chi connectivity index (χ3v) is 15.0. The first-order chi connectivity index (χ1) is 36.7. The molecule has 10 aromatic rings. The van der Waals surface area contributed by atoms with Crippen molar-refractivity contribution < 1.29 is 37.7 Å². The molecule has 2 aliphatic heterocycles. The van der Waals surface area contributed by atoms with Crippen molar-refractivity contribution >= 4 is 56.1 Å². The molecule has 0 aromatic carbocycles. The Labute approximate surface area is 432 Å². The number of hydrogen-bond donors (Lipinski definition) is 1. The van der Waals surface area contributed by atoms with Crippen molar-refractivity contribution in [1.82, 2.24) is 78.6 Å². The van der Waals surface area contributed by atoms with Crippen molar-refractivity contribution in [3.05, 3.63) is 106 Å². The molecular formula is C52H54F2N16O6. The molecule has 0 radical (unpaired) electrons. The van der Waals surface area contributed by atoms with E-state index in [4.69, 9.17) is 24.2 Å². The summed E-state index contributed by atoms with van der Waals surface area (Å²) in [5, 5.41) is 35.7. The fourth-order valence-electron chi connectivity index (χ4n) is 11.6. The summed E-state index contributed by atoms with van der Waals surface area (Å²) in [6.07, 6.45) is 11.9. The van der Waals surface area contributed by atoms with Gasteiger partial charge in [0.25, 0.3) is 0 Å². The zero-order valence-electron chi connectivity index (χ0n) is 43.1.